The van der Waals surface area contributed by atoms with Gasteiger partial charge in [0.25, 0.3) is 0 Å². The van der Waals surface area contributed by atoms with E-state index in [1.165, 1.54) is 76.6 Å². The standard InChI is InChI=1S/C46H36N2/c1-4-15-32(16-5-1)33-25-27-35(28-26-33)43-31-42(34-17-6-2-7-18-34)47-45(48-43)40-21-9-8-19-36(40)38-22-14-23-39-37-20-10-11-24-41(37)46(44(38)39)29-12-3-13-30-46/h1-2,4-11,14-28,31H,3,12-13,29-30H2. The van der Waals surface area contributed by atoms with Crippen LogP contribution in [0.4, 0.5) is 0 Å². The van der Waals surface area contributed by atoms with Gasteiger partial charge in [0.1, 0.15) is 0 Å². The third kappa shape index (κ3) is 4.79. The molecule has 0 radical (unpaired) electrons. The Hall–Kier alpha value is -5.60. The van der Waals surface area contributed by atoms with Gasteiger partial charge in [-0.05, 0) is 63.4 Å². The molecule has 1 aromatic heterocycles. The van der Waals surface area contributed by atoms with Crippen LogP contribution in [0.1, 0.15) is 43.2 Å². The van der Waals surface area contributed by atoms with E-state index in [4.69, 9.17) is 9.97 Å². The molecule has 0 bridgehead atoms. The van der Waals surface area contributed by atoms with Crippen molar-refractivity contribution in [2.45, 2.75) is 37.5 Å². The molecule has 2 heteroatoms. The Morgan fingerprint density at radius 2 is 0.854 bits per heavy atom. The molecule has 48 heavy (non-hydrogen) atoms. The highest BCUT2D eigenvalue weighted by Crippen LogP contribution is 2.58. The van der Waals surface area contributed by atoms with Crippen molar-refractivity contribution in [1.29, 1.82) is 0 Å². The van der Waals surface area contributed by atoms with Gasteiger partial charge < -0.3 is 0 Å². The summed E-state index contributed by atoms with van der Waals surface area (Å²) in [6, 6.07) is 56.7. The van der Waals surface area contributed by atoms with Crippen LogP contribution in [0.2, 0.25) is 0 Å². The molecule has 7 aromatic rings. The van der Waals surface area contributed by atoms with E-state index in [1.807, 2.05) is 0 Å². The van der Waals surface area contributed by atoms with Crippen LogP contribution >= 0.6 is 0 Å². The molecule has 6 aromatic carbocycles. The summed E-state index contributed by atoms with van der Waals surface area (Å²) in [7, 11) is 0. The molecule has 2 nitrogen and oxygen atoms in total. The number of nitrogens with zero attached hydrogens (tertiary/aromatic N) is 2. The molecule has 0 N–H and O–H groups in total. The minimum absolute atomic E-state index is 0.0479. The molecule has 0 amide bonds. The average molecular weight is 617 g/mol. The van der Waals surface area contributed by atoms with Gasteiger partial charge in [0.2, 0.25) is 0 Å². The maximum Gasteiger partial charge on any atom is 0.161 e. The van der Waals surface area contributed by atoms with Crippen LogP contribution in [-0.4, -0.2) is 9.97 Å². The van der Waals surface area contributed by atoms with Crippen molar-refractivity contribution in [2.24, 2.45) is 0 Å². The van der Waals surface area contributed by atoms with Crippen molar-refractivity contribution >= 4 is 0 Å². The van der Waals surface area contributed by atoms with E-state index in [1.54, 1.807) is 0 Å². The Balaban J connectivity index is 1.22. The van der Waals surface area contributed by atoms with Crippen molar-refractivity contribution in [3.8, 4) is 67.3 Å². The zero-order valence-corrected chi connectivity index (χ0v) is 26.9. The lowest BCUT2D eigenvalue weighted by atomic mass is 9.66. The monoisotopic (exact) mass is 616 g/mol. The second-order valence-electron chi connectivity index (χ2n) is 13.2. The fraction of sp³-hybridized carbons (Fsp3) is 0.130. The zero-order chi connectivity index (χ0) is 31.9. The molecule has 0 unspecified atom stereocenters. The predicted octanol–water partition coefficient (Wildman–Crippen LogP) is 12.0. The molecule has 9 rings (SSSR count). The molecular formula is C46H36N2. The van der Waals surface area contributed by atoms with Crippen molar-refractivity contribution in [3.63, 3.8) is 0 Å². The second-order valence-corrected chi connectivity index (χ2v) is 13.2. The first-order chi connectivity index (χ1) is 23.8. The second kappa shape index (κ2) is 11.9. The van der Waals surface area contributed by atoms with Crippen LogP contribution in [0.5, 0.6) is 0 Å². The van der Waals surface area contributed by atoms with Crippen LogP contribution < -0.4 is 0 Å². The summed E-state index contributed by atoms with van der Waals surface area (Å²) < 4.78 is 0. The largest absolute Gasteiger partial charge is 0.228 e. The summed E-state index contributed by atoms with van der Waals surface area (Å²) in [4.78, 5) is 10.6. The molecule has 1 heterocycles. The average Bonchev–Trinajstić information content (AvgIpc) is 3.44. The van der Waals surface area contributed by atoms with Crippen LogP contribution in [0.25, 0.3) is 67.3 Å². The molecule has 0 atom stereocenters. The van der Waals surface area contributed by atoms with E-state index in [0.29, 0.717) is 0 Å². The quantitative estimate of drug-likeness (QED) is 0.192. The van der Waals surface area contributed by atoms with E-state index in [9.17, 15) is 0 Å². The Labute approximate surface area is 282 Å². The van der Waals surface area contributed by atoms with Crippen molar-refractivity contribution in [3.05, 3.63) is 169 Å². The highest BCUT2D eigenvalue weighted by Gasteiger charge is 2.45. The lowest BCUT2D eigenvalue weighted by Gasteiger charge is -2.37. The summed E-state index contributed by atoms with van der Waals surface area (Å²) in [6.07, 6.45) is 6.22. The summed E-state index contributed by atoms with van der Waals surface area (Å²) >= 11 is 0. The van der Waals surface area contributed by atoms with Crippen LogP contribution in [0.15, 0.2) is 158 Å². The molecule has 2 aliphatic rings. The van der Waals surface area contributed by atoms with E-state index >= 15 is 0 Å². The first-order valence-electron chi connectivity index (χ1n) is 17.2. The molecule has 1 fully saturated rings. The number of benzene rings is 6. The summed E-state index contributed by atoms with van der Waals surface area (Å²) in [5.41, 5.74) is 15.8. The molecule has 0 saturated heterocycles. The number of aromatic nitrogens is 2. The topological polar surface area (TPSA) is 25.8 Å². The molecular weight excluding hydrogens is 581 g/mol. The van der Waals surface area contributed by atoms with Gasteiger partial charge in [-0.2, -0.15) is 0 Å². The number of rotatable bonds is 5. The Kier molecular flexibility index (Phi) is 7.08. The third-order valence-corrected chi connectivity index (χ3v) is 10.5. The van der Waals surface area contributed by atoms with Crippen molar-refractivity contribution in [1.82, 2.24) is 9.97 Å². The van der Waals surface area contributed by atoms with Gasteiger partial charge in [-0.3, -0.25) is 0 Å². The summed E-state index contributed by atoms with van der Waals surface area (Å²) in [6.45, 7) is 0. The fourth-order valence-electron chi connectivity index (χ4n) is 8.31. The first-order valence-corrected chi connectivity index (χ1v) is 17.2. The van der Waals surface area contributed by atoms with Crippen LogP contribution in [-0.2, 0) is 5.41 Å². The predicted molar refractivity (Wildman–Crippen MR) is 199 cm³/mol. The Morgan fingerprint density at radius 3 is 1.54 bits per heavy atom. The minimum atomic E-state index is 0.0479. The van der Waals surface area contributed by atoms with Crippen molar-refractivity contribution < 1.29 is 0 Å². The summed E-state index contributed by atoms with van der Waals surface area (Å²) in [5, 5.41) is 0. The molecule has 2 aliphatic carbocycles. The highest BCUT2D eigenvalue weighted by atomic mass is 14.9. The highest BCUT2D eigenvalue weighted by molar-refractivity contribution is 5.92. The van der Waals surface area contributed by atoms with Gasteiger partial charge in [0, 0.05) is 22.1 Å². The smallest absolute Gasteiger partial charge is 0.161 e. The number of hydrogen-bond donors (Lipinski definition) is 0. The van der Waals surface area contributed by atoms with Gasteiger partial charge in [0.15, 0.2) is 5.82 Å². The Morgan fingerprint density at radius 1 is 0.375 bits per heavy atom. The molecule has 230 valence electrons. The van der Waals surface area contributed by atoms with E-state index in [2.05, 4.69) is 158 Å². The maximum absolute atomic E-state index is 5.31. The maximum atomic E-state index is 5.31. The molecule has 1 saturated carbocycles. The molecule has 0 aliphatic heterocycles. The Bertz CT molecular complexity index is 2250. The normalized spacial score (nSPS) is 14.4. The summed E-state index contributed by atoms with van der Waals surface area (Å²) in [5.74, 6) is 0.750. The zero-order valence-electron chi connectivity index (χ0n) is 26.9. The number of hydrogen-bond acceptors (Lipinski definition) is 2. The van der Waals surface area contributed by atoms with Gasteiger partial charge >= 0.3 is 0 Å². The van der Waals surface area contributed by atoms with Crippen molar-refractivity contribution in [2.75, 3.05) is 0 Å². The van der Waals surface area contributed by atoms with Gasteiger partial charge in [-0.1, -0.05) is 171 Å². The lowest BCUT2D eigenvalue weighted by molar-refractivity contribution is 0.353. The lowest BCUT2D eigenvalue weighted by Crippen LogP contribution is -2.28. The van der Waals surface area contributed by atoms with E-state index < -0.39 is 0 Å². The van der Waals surface area contributed by atoms with E-state index in [-0.39, 0.29) is 5.41 Å². The third-order valence-electron chi connectivity index (χ3n) is 10.5. The molecule has 1 spiro atoms. The SMILES string of the molecule is c1ccc(-c2ccc(-c3cc(-c4ccccc4)nc(-c4ccccc4-c4cccc5c4C4(CCCCC4)c4ccccc4-5)n3)cc2)cc1. The first kappa shape index (κ1) is 28.6. The van der Waals surface area contributed by atoms with Crippen LogP contribution in [0, 0.1) is 0 Å². The van der Waals surface area contributed by atoms with Gasteiger partial charge in [-0.15, -0.1) is 0 Å². The van der Waals surface area contributed by atoms with Gasteiger partial charge in [0.05, 0.1) is 11.4 Å². The minimum Gasteiger partial charge on any atom is -0.228 e. The van der Waals surface area contributed by atoms with Crippen LogP contribution in [0.3, 0.4) is 0 Å². The number of fused-ring (bicyclic) bond motifs is 5. The fourth-order valence-corrected chi connectivity index (χ4v) is 8.31. The van der Waals surface area contributed by atoms with E-state index in [0.717, 1.165) is 33.9 Å². The van der Waals surface area contributed by atoms with Gasteiger partial charge in [-0.25, -0.2) is 9.97 Å².